The molecule has 3 nitrogen and oxygen atoms in total. The normalized spacial score (nSPS) is 27.0. The first kappa shape index (κ1) is 12.9. The zero-order valence-electron chi connectivity index (χ0n) is 11.7. The Kier molecular flexibility index (Phi) is 4.04. The summed E-state index contributed by atoms with van der Waals surface area (Å²) in [5.74, 6) is 1.37. The molecule has 1 aromatic carbocycles. The molecule has 2 heterocycles. The number of benzene rings is 1. The SMILES string of the molecule is CC(NCCC1CNc2ccccc21)C1CCOC1. The van der Waals surface area contributed by atoms with Crippen molar-refractivity contribution in [3.63, 3.8) is 0 Å². The summed E-state index contributed by atoms with van der Waals surface area (Å²) < 4.78 is 5.45. The first-order valence-corrected chi connectivity index (χ1v) is 7.48. The second-order valence-electron chi connectivity index (χ2n) is 5.82. The van der Waals surface area contributed by atoms with Crippen LogP contribution in [-0.2, 0) is 4.74 Å². The molecule has 104 valence electrons. The van der Waals surface area contributed by atoms with E-state index in [-0.39, 0.29) is 0 Å². The lowest BCUT2D eigenvalue weighted by atomic mass is 9.97. The van der Waals surface area contributed by atoms with E-state index < -0.39 is 0 Å². The van der Waals surface area contributed by atoms with Crippen molar-refractivity contribution < 1.29 is 4.74 Å². The fourth-order valence-electron chi connectivity index (χ4n) is 3.21. The van der Waals surface area contributed by atoms with Gasteiger partial charge in [0.15, 0.2) is 0 Å². The van der Waals surface area contributed by atoms with Gasteiger partial charge in [-0.1, -0.05) is 18.2 Å². The molecule has 0 saturated carbocycles. The van der Waals surface area contributed by atoms with Gasteiger partial charge in [0.1, 0.15) is 0 Å². The van der Waals surface area contributed by atoms with Crippen LogP contribution in [0.15, 0.2) is 24.3 Å². The van der Waals surface area contributed by atoms with Crippen LogP contribution in [0.5, 0.6) is 0 Å². The summed E-state index contributed by atoms with van der Waals surface area (Å²) in [6.45, 7) is 6.35. The van der Waals surface area contributed by atoms with Crippen LogP contribution < -0.4 is 10.6 Å². The topological polar surface area (TPSA) is 33.3 Å². The Balaban J connectivity index is 1.46. The van der Waals surface area contributed by atoms with E-state index in [9.17, 15) is 0 Å². The monoisotopic (exact) mass is 260 g/mol. The Labute approximate surface area is 115 Å². The molecule has 2 N–H and O–H groups in total. The van der Waals surface area contributed by atoms with Gasteiger partial charge in [0.25, 0.3) is 0 Å². The van der Waals surface area contributed by atoms with Crippen molar-refractivity contribution >= 4 is 5.69 Å². The van der Waals surface area contributed by atoms with Crippen LogP contribution in [0.2, 0.25) is 0 Å². The van der Waals surface area contributed by atoms with Crippen molar-refractivity contribution in [3.05, 3.63) is 29.8 Å². The Hall–Kier alpha value is -1.06. The molecule has 3 heteroatoms. The maximum absolute atomic E-state index is 5.45. The molecule has 19 heavy (non-hydrogen) atoms. The van der Waals surface area contributed by atoms with E-state index in [1.807, 2.05) is 0 Å². The van der Waals surface area contributed by atoms with Gasteiger partial charge in [0.05, 0.1) is 6.61 Å². The molecular formula is C16H24N2O. The van der Waals surface area contributed by atoms with Crippen molar-refractivity contribution in [2.45, 2.75) is 31.7 Å². The maximum Gasteiger partial charge on any atom is 0.0509 e. The summed E-state index contributed by atoms with van der Waals surface area (Å²) >= 11 is 0. The number of ether oxygens (including phenoxy) is 1. The van der Waals surface area contributed by atoms with Crippen LogP contribution in [0.25, 0.3) is 0 Å². The van der Waals surface area contributed by atoms with E-state index in [0.29, 0.717) is 17.9 Å². The van der Waals surface area contributed by atoms with Crippen molar-refractivity contribution in [1.29, 1.82) is 0 Å². The van der Waals surface area contributed by atoms with Crippen molar-refractivity contribution in [2.24, 2.45) is 5.92 Å². The van der Waals surface area contributed by atoms with E-state index in [2.05, 4.69) is 41.8 Å². The first-order chi connectivity index (χ1) is 9.34. The molecule has 1 aromatic rings. The molecular weight excluding hydrogens is 236 g/mol. The minimum absolute atomic E-state index is 0.576. The molecule has 0 amide bonds. The number of hydrogen-bond donors (Lipinski definition) is 2. The van der Waals surface area contributed by atoms with Crippen LogP contribution >= 0.6 is 0 Å². The molecule has 0 aromatic heterocycles. The fraction of sp³-hybridized carbons (Fsp3) is 0.625. The summed E-state index contributed by atoms with van der Waals surface area (Å²) in [5, 5.41) is 7.17. The molecule has 2 aliphatic heterocycles. The minimum Gasteiger partial charge on any atom is -0.384 e. The van der Waals surface area contributed by atoms with Gasteiger partial charge in [0.2, 0.25) is 0 Å². The minimum atomic E-state index is 0.576. The van der Waals surface area contributed by atoms with Crippen molar-refractivity contribution in [2.75, 3.05) is 31.6 Å². The molecule has 0 aliphatic carbocycles. The average molecular weight is 260 g/mol. The van der Waals surface area contributed by atoms with E-state index in [1.165, 1.54) is 24.1 Å². The van der Waals surface area contributed by atoms with Crippen molar-refractivity contribution in [1.82, 2.24) is 5.32 Å². The maximum atomic E-state index is 5.45. The van der Waals surface area contributed by atoms with Crippen molar-refractivity contribution in [3.8, 4) is 0 Å². The van der Waals surface area contributed by atoms with Crippen LogP contribution in [0, 0.1) is 5.92 Å². The number of anilines is 1. The highest BCUT2D eigenvalue weighted by atomic mass is 16.5. The number of fused-ring (bicyclic) bond motifs is 1. The smallest absolute Gasteiger partial charge is 0.0509 e. The van der Waals surface area contributed by atoms with Gasteiger partial charge in [0, 0.05) is 30.8 Å². The number of rotatable bonds is 5. The number of hydrogen-bond acceptors (Lipinski definition) is 3. The van der Waals surface area contributed by atoms with Gasteiger partial charge in [-0.05, 0) is 43.9 Å². The molecule has 0 radical (unpaired) electrons. The van der Waals surface area contributed by atoms with Crippen LogP contribution in [0.3, 0.4) is 0 Å². The quantitative estimate of drug-likeness (QED) is 0.854. The van der Waals surface area contributed by atoms with E-state index >= 15 is 0 Å². The van der Waals surface area contributed by atoms with Gasteiger partial charge < -0.3 is 15.4 Å². The molecule has 0 spiro atoms. The lowest BCUT2D eigenvalue weighted by Gasteiger charge is -2.20. The predicted molar refractivity (Wildman–Crippen MR) is 78.7 cm³/mol. The summed E-state index contributed by atoms with van der Waals surface area (Å²) in [7, 11) is 0. The van der Waals surface area contributed by atoms with E-state index in [1.54, 1.807) is 0 Å². The fourth-order valence-corrected chi connectivity index (χ4v) is 3.21. The van der Waals surface area contributed by atoms with Gasteiger partial charge >= 0.3 is 0 Å². The highest BCUT2D eigenvalue weighted by Crippen LogP contribution is 2.32. The predicted octanol–water partition coefficient (Wildman–Crippen LogP) is 2.60. The average Bonchev–Trinajstić information content (AvgIpc) is 3.08. The molecule has 3 rings (SSSR count). The zero-order valence-corrected chi connectivity index (χ0v) is 11.7. The summed E-state index contributed by atoms with van der Waals surface area (Å²) in [4.78, 5) is 0. The standard InChI is InChI=1S/C16H24N2O/c1-12(14-7-9-19-11-14)17-8-6-13-10-18-16-5-3-2-4-15(13)16/h2-5,12-14,17-18H,6-11H2,1H3. The third kappa shape index (κ3) is 2.93. The highest BCUT2D eigenvalue weighted by molar-refractivity contribution is 5.57. The van der Waals surface area contributed by atoms with Gasteiger partial charge in [-0.3, -0.25) is 0 Å². The molecule has 3 atom stereocenters. The molecule has 3 unspecified atom stereocenters. The van der Waals surface area contributed by atoms with E-state index in [0.717, 1.165) is 26.3 Å². The lowest BCUT2D eigenvalue weighted by molar-refractivity contribution is 0.178. The second-order valence-corrected chi connectivity index (χ2v) is 5.82. The summed E-state index contributed by atoms with van der Waals surface area (Å²) in [6, 6.07) is 9.27. The van der Waals surface area contributed by atoms with Gasteiger partial charge in [-0.15, -0.1) is 0 Å². The third-order valence-corrected chi connectivity index (χ3v) is 4.57. The van der Waals surface area contributed by atoms with Crippen LogP contribution in [0.4, 0.5) is 5.69 Å². The Bertz CT molecular complexity index is 415. The Morgan fingerprint density at radius 3 is 3.16 bits per heavy atom. The van der Waals surface area contributed by atoms with Crippen LogP contribution in [-0.4, -0.2) is 32.3 Å². The van der Waals surface area contributed by atoms with Gasteiger partial charge in [-0.2, -0.15) is 0 Å². The summed E-state index contributed by atoms with van der Waals surface area (Å²) in [5.41, 5.74) is 2.81. The largest absolute Gasteiger partial charge is 0.384 e. The molecule has 0 bridgehead atoms. The molecule has 1 fully saturated rings. The Morgan fingerprint density at radius 2 is 2.32 bits per heavy atom. The Morgan fingerprint density at radius 1 is 1.42 bits per heavy atom. The van der Waals surface area contributed by atoms with Crippen LogP contribution in [0.1, 0.15) is 31.2 Å². The summed E-state index contributed by atoms with van der Waals surface area (Å²) in [6.07, 6.45) is 2.42. The zero-order chi connectivity index (χ0) is 13.1. The highest BCUT2D eigenvalue weighted by Gasteiger charge is 2.24. The molecule has 1 saturated heterocycles. The van der Waals surface area contributed by atoms with E-state index in [4.69, 9.17) is 4.74 Å². The number of para-hydroxylation sites is 1. The lowest BCUT2D eigenvalue weighted by Crippen LogP contribution is -2.35. The third-order valence-electron chi connectivity index (χ3n) is 4.57. The second kappa shape index (κ2) is 5.93. The number of nitrogens with one attached hydrogen (secondary N) is 2. The molecule has 2 aliphatic rings. The first-order valence-electron chi connectivity index (χ1n) is 7.48. The van der Waals surface area contributed by atoms with Gasteiger partial charge in [-0.25, -0.2) is 0 Å².